The van der Waals surface area contributed by atoms with Crippen molar-refractivity contribution in [2.24, 2.45) is 0 Å². The summed E-state index contributed by atoms with van der Waals surface area (Å²) in [6, 6.07) is 5.02. The van der Waals surface area contributed by atoms with Crippen LogP contribution in [0.15, 0.2) is 29.7 Å². The van der Waals surface area contributed by atoms with Crippen LogP contribution < -0.4 is 0 Å². The smallest absolute Gasteiger partial charge is 0.406 e. The summed E-state index contributed by atoms with van der Waals surface area (Å²) in [5.41, 5.74) is 0.642. The van der Waals surface area contributed by atoms with E-state index in [1.807, 2.05) is 17.5 Å². The number of hydrogen-bond acceptors (Lipinski definition) is 4. The molecule has 0 saturated heterocycles. The third-order valence-electron chi connectivity index (χ3n) is 3.48. The molecule has 25 heavy (non-hydrogen) atoms. The number of ketones is 1. The second-order valence-electron chi connectivity index (χ2n) is 5.37. The normalized spacial score (nSPS) is 11.9. The highest BCUT2D eigenvalue weighted by molar-refractivity contribution is 7.10. The highest BCUT2D eigenvalue weighted by Crippen LogP contribution is 2.23. The van der Waals surface area contributed by atoms with E-state index in [0.29, 0.717) is 5.69 Å². The maximum absolute atomic E-state index is 12.6. The first-order valence-electron chi connectivity index (χ1n) is 7.32. The van der Waals surface area contributed by atoms with Crippen molar-refractivity contribution in [2.45, 2.75) is 26.6 Å². The Kier molecular flexibility index (Phi) is 5.84. The number of carbonyl (C=O) groups is 2. The molecule has 0 radical (unpaired) electrons. The van der Waals surface area contributed by atoms with Crippen LogP contribution >= 0.6 is 11.3 Å². The summed E-state index contributed by atoms with van der Waals surface area (Å²) >= 11 is 1.44. The molecule has 8 heteroatoms. The summed E-state index contributed by atoms with van der Waals surface area (Å²) in [6.45, 7) is 1.24. The zero-order valence-corrected chi connectivity index (χ0v) is 14.4. The Balaban J connectivity index is 1.99. The minimum absolute atomic E-state index is 0.122. The average molecular weight is 371 g/mol. The van der Waals surface area contributed by atoms with Gasteiger partial charge < -0.3 is 9.30 Å². The number of halogens is 3. The predicted molar refractivity (Wildman–Crippen MR) is 88.6 cm³/mol. The van der Waals surface area contributed by atoms with Crippen molar-refractivity contribution in [1.29, 1.82) is 0 Å². The van der Waals surface area contributed by atoms with Crippen LogP contribution in [0.1, 0.15) is 26.6 Å². The SMILES string of the molecule is Cc1cc(C(=O)COC(=O)C=Cc2cccs2)c(C)n1CC(F)(F)F. The third-order valence-corrected chi connectivity index (χ3v) is 4.32. The first-order valence-corrected chi connectivity index (χ1v) is 8.20. The molecule has 2 heterocycles. The number of rotatable bonds is 6. The standard InChI is InChI=1S/C17H16F3NO3S/c1-11-8-14(12(2)21(11)10-17(18,19)20)15(22)9-24-16(23)6-5-13-4-3-7-25-13/h3-8H,9-10H2,1-2H3. The number of aromatic nitrogens is 1. The molecule has 0 aromatic carbocycles. The van der Waals surface area contributed by atoms with E-state index in [9.17, 15) is 22.8 Å². The molecule has 134 valence electrons. The van der Waals surface area contributed by atoms with Gasteiger partial charge >= 0.3 is 12.1 Å². The lowest BCUT2D eigenvalue weighted by molar-refractivity contribution is -0.141. The van der Waals surface area contributed by atoms with Gasteiger partial charge in [0, 0.05) is 27.9 Å². The quantitative estimate of drug-likeness (QED) is 0.435. The summed E-state index contributed by atoms with van der Waals surface area (Å²) < 4.78 is 43.6. The number of thiophene rings is 1. The van der Waals surface area contributed by atoms with Gasteiger partial charge in [0.2, 0.25) is 5.78 Å². The summed E-state index contributed by atoms with van der Waals surface area (Å²) in [5.74, 6) is -1.23. The van der Waals surface area contributed by atoms with Gasteiger partial charge in [0.25, 0.3) is 0 Å². The van der Waals surface area contributed by atoms with Crippen LogP contribution in [0.5, 0.6) is 0 Å². The summed E-state index contributed by atoms with van der Waals surface area (Å²) in [7, 11) is 0. The Bertz CT molecular complexity index is 789. The maximum Gasteiger partial charge on any atom is 0.406 e. The van der Waals surface area contributed by atoms with Gasteiger partial charge in [-0.3, -0.25) is 4.79 Å². The number of aryl methyl sites for hydroxylation is 1. The minimum atomic E-state index is -4.38. The van der Waals surface area contributed by atoms with Crippen molar-refractivity contribution in [1.82, 2.24) is 4.57 Å². The van der Waals surface area contributed by atoms with Crippen molar-refractivity contribution in [3.05, 3.63) is 51.5 Å². The number of Topliss-reactive ketones (excluding diaryl/α,β-unsaturated/α-hetero) is 1. The number of nitrogens with zero attached hydrogens (tertiary/aromatic N) is 1. The number of carbonyl (C=O) groups excluding carboxylic acids is 2. The molecular formula is C17H16F3NO3S. The first-order chi connectivity index (χ1) is 11.7. The Morgan fingerprint density at radius 2 is 2.04 bits per heavy atom. The molecule has 0 spiro atoms. The zero-order chi connectivity index (χ0) is 18.6. The van der Waals surface area contributed by atoms with Crippen molar-refractivity contribution in [3.63, 3.8) is 0 Å². The molecular weight excluding hydrogens is 355 g/mol. The molecule has 0 aliphatic rings. The van der Waals surface area contributed by atoms with Crippen LogP contribution in [0.4, 0.5) is 13.2 Å². The molecule has 4 nitrogen and oxygen atoms in total. The monoisotopic (exact) mass is 371 g/mol. The zero-order valence-electron chi connectivity index (χ0n) is 13.6. The van der Waals surface area contributed by atoms with Crippen molar-refractivity contribution >= 4 is 29.2 Å². The van der Waals surface area contributed by atoms with E-state index < -0.39 is 31.1 Å². The van der Waals surface area contributed by atoms with Crippen molar-refractivity contribution < 1.29 is 27.5 Å². The Hall–Kier alpha value is -2.35. The Morgan fingerprint density at radius 3 is 2.64 bits per heavy atom. The summed E-state index contributed by atoms with van der Waals surface area (Å²) in [4.78, 5) is 24.6. The molecule has 0 N–H and O–H groups in total. The number of esters is 1. The van der Waals surface area contributed by atoms with Crippen LogP contribution in [0.2, 0.25) is 0 Å². The molecule has 2 rings (SSSR count). The van der Waals surface area contributed by atoms with E-state index in [4.69, 9.17) is 4.74 Å². The van der Waals surface area contributed by atoms with Gasteiger partial charge in [0.05, 0.1) is 0 Å². The van der Waals surface area contributed by atoms with E-state index in [-0.39, 0.29) is 11.3 Å². The number of ether oxygens (including phenoxy) is 1. The van der Waals surface area contributed by atoms with Crippen LogP contribution in [0.3, 0.4) is 0 Å². The van der Waals surface area contributed by atoms with Gasteiger partial charge in [-0.2, -0.15) is 13.2 Å². The van der Waals surface area contributed by atoms with E-state index in [2.05, 4.69) is 0 Å². The first kappa shape index (κ1) is 19.0. The topological polar surface area (TPSA) is 48.3 Å². The Morgan fingerprint density at radius 1 is 1.32 bits per heavy atom. The van der Waals surface area contributed by atoms with E-state index >= 15 is 0 Å². The number of hydrogen-bond donors (Lipinski definition) is 0. The molecule has 2 aromatic heterocycles. The van der Waals surface area contributed by atoms with Gasteiger partial charge in [-0.15, -0.1) is 11.3 Å². The fourth-order valence-corrected chi connectivity index (χ4v) is 2.92. The van der Waals surface area contributed by atoms with E-state index in [1.54, 1.807) is 6.08 Å². The van der Waals surface area contributed by atoms with Crippen LogP contribution in [-0.4, -0.2) is 29.1 Å². The molecule has 0 unspecified atom stereocenters. The average Bonchev–Trinajstić information content (AvgIpc) is 3.13. The second-order valence-corrected chi connectivity index (χ2v) is 6.35. The fraction of sp³-hybridized carbons (Fsp3) is 0.294. The second kappa shape index (κ2) is 7.69. The van der Waals surface area contributed by atoms with Crippen molar-refractivity contribution in [3.8, 4) is 0 Å². The lowest BCUT2D eigenvalue weighted by Crippen LogP contribution is -2.20. The van der Waals surface area contributed by atoms with E-state index in [1.165, 1.54) is 37.3 Å². The molecule has 0 bridgehead atoms. The minimum Gasteiger partial charge on any atom is -0.454 e. The van der Waals surface area contributed by atoms with Gasteiger partial charge in [-0.1, -0.05) is 6.07 Å². The lowest BCUT2D eigenvalue weighted by Gasteiger charge is -2.12. The molecule has 0 amide bonds. The van der Waals surface area contributed by atoms with Gasteiger partial charge in [-0.25, -0.2) is 4.79 Å². The third kappa shape index (κ3) is 5.32. The molecule has 2 aromatic rings. The number of alkyl halides is 3. The molecule has 0 aliphatic carbocycles. The van der Waals surface area contributed by atoms with Gasteiger partial charge in [0.15, 0.2) is 6.61 Å². The molecule has 0 atom stereocenters. The van der Waals surface area contributed by atoms with Crippen LogP contribution in [-0.2, 0) is 16.1 Å². The fourth-order valence-electron chi connectivity index (χ4n) is 2.30. The largest absolute Gasteiger partial charge is 0.454 e. The highest BCUT2D eigenvalue weighted by Gasteiger charge is 2.30. The molecule has 0 saturated carbocycles. The van der Waals surface area contributed by atoms with Gasteiger partial charge in [-0.05, 0) is 37.4 Å². The predicted octanol–water partition coefficient (Wildman–Crippen LogP) is 4.17. The Labute approximate surface area is 146 Å². The molecule has 0 fully saturated rings. The van der Waals surface area contributed by atoms with Crippen molar-refractivity contribution in [2.75, 3.05) is 6.61 Å². The summed E-state index contributed by atoms with van der Waals surface area (Å²) in [6.07, 6.45) is -1.62. The van der Waals surface area contributed by atoms with Gasteiger partial charge in [0.1, 0.15) is 6.54 Å². The lowest BCUT2D eigenvalue weighted by atomic mass is 10.1. The van der Waals surface area contributed by atoms with E-state index in [0.717, 1.165) is 9.44 Å². The van der Waals surface area contributed by atoms with Crippen LogP contribution in [0, 0.1) is 13.8 Å². The van der Waals surface area contributed by atoms with Crippen LogP contribution in [0.25, 0.3) is 6.08 Å². The maximum atomic E-state index is 12.6. The highest BCUT2D eigenvalue weighted by atomic mass is 32.1. The summed E-state index contributed by atoms with van der Waals surface area (Å²) in [5, 5.41) is 1.85. The molecule has 0 aliphatic heterocycles.